The van der Waals surface area contributed by atoms with Crippen LogP contribution in [-0.4, -0.2) is 0 Å². The second kappa shape index (κ2) is 6.94. The smallest absolute Gasteiger partial charge is 0.143 e. The van der Waals surface area contributed by atoms with Crippen LogP contribution in [0.2, 0.25) is 0 Å². The Labute approximate surface area is 202 Å². The van der Waals surface area contributed by atoms with Crippen molar-refractivity contribution in [3.05, 3.63) is 121 Å². The minimum atomic E-state index is 0.924. The number of fused-ring (bicyclic) bond motifs is 8. The Morgan fingerprint density at radius 3 is 1.80 bits per heavy atom. The lowest BCUT2D eigenvalue weighted by molar-refractivity contribution is 0.493. The van der Waals surface area contributed by atoms with E-state index in [2.05, 4.69) is 121 Å². The third kappa shape index (κ3) is 2.53. The van der Waals surface area contributed by atoms with E-state index in [0.29, 0.717) is 0 Å². The van der Waals surface area contributed by atoms with Crippen molar-refractivity contribution >= 4 is 43.1 Å². The zero-order chi connectivity index (χ0) is 22.9. The van der Waals surface area contributed by atoms with Crippen molar-refractivity contribution in [2.45, 2.75) is 0 Å². The molecule has 7 aromatic rings. The molecule has 0 unspecified atom stereocenters. The second-order valence-electron chi connectivity index (χ2n) is 9.26. The zero-order valence-corrected chi connectivity index (χ0v) is 19.0. The molecule has 0 saturated heterocycles. The molecule has 35 heavy (non-hydrogen) atoms. The average molecular weight is 445 g/mol. The lowest BCUT2D eigenvalue weighted by Gasteiger charge is -2.26. The van der Waals surface area contributed by atoms with E-state index in [4.69, 9.17) is 4.74 Å². The van der Waals surface area contributed by atoms with E-state index in [1.54, 1.807) is 0 Å². The molecule has 8 rings (SSSR count). The summed E-state index contributed by atoms with van der Waals surface area (Å²) in [5.41, 5.74) is 4.91. The van der Waals surface area contributed by atoms with Gasteiger partial charge in [0.15, 0.2) is 0 Å². The highest BCUT2D eigenvalue weighted by Crippen LogP contribution is 2.54. The van der Waals surface area contributed by atoms with Crippen molar-refractivity contribution in [2.24, 2.45) is 0 Å². The largest absolute Gasteiger partial charge is 0.455 e. The van der Waals surface area contributed by atoms with Gasteiger partial charge in [0.25, 0.3) is 0 Å². The van der Waals surface area contributed by atoms with Gasteiger partial charge in [-0.2, -0.15) is 0 Å². The van der Waals surface area contributed by atoms with Gasteiger partial charge < -0.3 is 4.74 Å². The Bertz CT molecular complexity index is 1970. The van der Waals surface area contributed by atoms with Gasteiger partial charge >= 0.3 is 0 Å². The number of ether oxygens (including phenoxy) is 1. The van der Waals surface area contributed by atoms with Gasteiger partial charge in [-0.1, -0.05) is 115 Å². The normalized spacial score (nSPS) is 12.2. The van der Waals surface area contributed by atoms with Gasteiger partial charge in [-0.3, -0.25) is 0 Å². The standard InChI is InChI=1S/C34H20O/c1-2-11-22-21(9-1)10-7-16-23(22)26-19-20-31-32-27(26)17-8-18-30(32)33-28-14-5-3-12-24(28)25-13-4-6-15-29(25)34(33)35-31/h1-20H. The van der Waals surface area contributed by atoms with Crippen LogP contribution in [0.25, 0.3) is 65.3 Å². The molecule has 0 aromatic heterocycles. The highest BCUT2D eigenvalue weighted by molar-refractivity contribution is 6.23. The Kier molecular flexibility index (Phi) is 3.72. The molecule has 0 spiro atoms. The van der Waals surface area contributed by atoms with Gasteiger partial charge in [0, 0.05) is 16.3 Å². The summed E-state index contributed by atoms with van der Waals surface area (Å²) in [6, 6.07) is 43.5. The molecule has 0 aliphatic carbocycles. The molecular weight excluding hydrogens is 424 g/mol. The summed E-state index contributed by atoms with van der Waals surface area (Å²) >= 11 is 0. The van der Waals surface area contributed by atoms with Crippen molar-refractivity contribution in [3.63, 3.8) is 0 Å². The summed E-state index contributed by atoms with van der Waals surface area (Å²) in [6.45, 7) is 0. The highest BCUT2D eigenvalue weighted by Gasteiger charge is 2.26. The summed E-state index contributed by atoms with van der Waals surface area (Å²) in [5, 5.41) is 9.80. The Hall–Kier alpha value is -4.62. The summed E-state index contributed by atoms with van der Waals surface area (Å²) in [5.74, 6) is 1.88. The van der Waals surface area contributed by atoms with Gasteiger partial charge in [0.05, 0.1) is 0 Å². The van der Waals surface area contributed by atoms with E-state index >= 15 is 0 Å². The Balaban J connectivity index is 1.52. The highest BCUT2D eigenvalue weighted by atomic mass is 16.5. The molecule has 1 heteroatoms. The first-order chi connectivity index (χ1) is 17.4. The fourth-order valence-corrected chi connectivity index (χ4v) is 5.96. The summed E-state index contributed by atoms with van der Waals surface area (Å²) < 4.78 is 6.75. The van der Waals surface area contributed by atoms with E-state index in [1.807, 2.05) is 0 Å². The SMILES string of the molecule is c1ccc2c(-c3ccc4c5c(cccc35)-c3c(c5ccccc5c5ccccc35)O4)cccc2c1. The van der Waals surface area contributed by atoms with Gasteiger partial charge in [-0.15, -0.1) is 0 Å². The van der Waals surface area contributed by atoms with Crippen molar-refractivity contribution < 1.29 is 4.74 Å². The van der Waals surface area contributed by atoms with E-state index < -0.39 is 0 Å². The fraction of sp³-hybridized carbons (Fsp3) is 0. The summed E-state index contributed by atoms with van der Waals surface area (Å²) in [6.07, 6.45) is 0. The maximum atomic E-state index is 6.75. The predicted octanol–water partition coefficient (Wildman–Crippen LogP) is 9.74. The van der Waals surface area contributed by atoms with Crippen LogP contribution in [0.5, 0.6) is 11.5 Å². The maximum Gasteiger partial charge on any atom is 0.143 e. The van der Waals surface area contributed by atoms with Crippen LogP contribution in [0, 0.1) is 0 Å². The van der Waals surface area contributed by atoms with E-state index in [9.17, 15) is 0 Å². The van der Waals surface area contributed by atoms with Crippen LogP contribution in [0.3, 0.4) is 0 Å². The van der Waals surface area contributed by atoms with Gasteiger partial charge in [-0.25, -0.2) is 0 Å². The van der Waals surface area contributed by atoms with Crippen LogP contribution in [0.15, 0.2) is 121 Å². The van der Waals surface area contributed by atoms with E-state index in [1.165, 1.54) is 60.0 Å². The molecule has 7 aromatic carbocycles. The molecule has 1 aliphatic heterocycles. The van der Waals surface area contributed by atoms with Gasteiger partial charge in [-0.05, 0) is 55.1 Å². The van der Waals surface area contributed by atoms with Crippen molar-refractivity contribution in [3.8, 4) is 33.8 Å². The minimum Gasteiger partial charge on any atom is -0.455 e. The van der Waals surface area contributed by atoms with Gasteiger partial charge in [0.1, 0.15) is 11.5 Å². The molecule has 0 saturated carbocycles. The third-order valence-electron chi connectivity index (χ3n) is 7.45. The Morgan fingerprint density at radius 1 is 0.371 bits per heavy atom. The van der Waals surface area contributed by atoms with Crippen molar-refractivity contribution in [2.75, 3.05) is 0 Å². The fourth-order valence-electron chi connectivity index (χ4n) is 5.96. The molecule has 1 heterocycles. The molecule has 0 amide bonds. The maximum absolute atomic E-state index is 6.75. The number of hydrogen-bond donors (Lipinski definition) is 0. The second-order valence-corrected chi connectivity index (χ2v) is 9.26. The number of hydrogen-bond acceptors (Lipinski definition) is 1. The van der Waals surface area contributed by atoms with E-state index in [0.717, 1.165) is 16.9 Å². The van der Waals surface area contributed by atoms with Crippen LogP contribution in [-0.2, 0) is 0 Å². The predicted molar refractivity (Wildman–Crippen MR) is 147 cm³/mol. The van der Waals surface area contributed by atoms with Crippen LogP contribution in [0.4, 0.5) is 0 Å². The molecular formula is C34H20O. The first kappa shape index (κ1) is 18.8. The van der Waals surface area contributed by atoms with E-state index in [-0.39, 0.29) is 0 Å². The van der Waals surface area contributed by atoms with Crippen LogP contribution < -0.4 is 4.74 Å². The molecule has 0 bridgehead atoms. The van der Waals surface area contributed by atoms with Crippen LogP contribution >= 0.6 is 0 Å². The monoisotopic (exact) mass is 444 g/mol. The first-order valence-electron chi connectivity index (χ1n) is 12.0. The number of benzene rings is 7. The molecule has 1 nitrogen and oxygen atoms in total. The lowest BCUT2D eigenvalue weighted by Crippen LogP contribution is -2.00. The summed E-state index contributed by atoms with van der Waals surface area (Å²) in [4.78, 5) is 0. The average Bonchev–Trinajstić information content (AvgIpc) is 2.93. The third-order valence-corrected chi connectivity index (χ3v) is 7.45. The minimum absolute atomic E-state index is 0.924. The quantitative estimate of drug-likeness (QED) is 0.229. The zero-order valence-electron chi connectivity index (χ0n) is 19.0. The van der Waals surface area contributed by atoms with Gasteiger partial charge in [0.2, 0.25) is 0 Å². The van der Waals surface area contributed by atoms with Crippen molar-refractivity contribution in [1.29, 1.82) is 0 Å². The molecule has 0 N–H and O–H groups in total. The molecule has 0 atom stereocenters. The lowest BCUT2D eigenvalue weighted by atomic mass is 9.85. The molecule has 0 radical (unpaired) electrons. The first-order valence-corrected chi connectivity index (χ1v) is 12.0. The number of rotatable bonds is 1. The molecule has 162 valence electrons. The molecule has 1 aliphatic rings. The Morgan fingerprint density at radius 2 is 0.943 bits per heavy atom. The van der Waals surface area contributed by atoms with Crippen molar-refractivity contribution in [1.82, 2.24) is 0 Å². The molecule has 0 fully saturated rings. The summed E-state index contributed by atoms with van der Waals surface area (Å²) in [7, 11) is 0. The van der Waals surface area contributed by atoms with Crippen LogP contribution in [0.1, 0.15) is 0 Å². The topological polar surface area (TPSA) is 9.23 Å².